The van der Waals surface area contributed by atoms with E-state index in [2.05, 4.69) is 45.9 Å². The quantitative estimate of drug-likeness (QED) is 0.365. The number of carbonyl (C=O) groups excluding carboxylic acids is 1. The molecule has 2 aliphatic heterocycles. The fraction of sp³-hybridized carbons (Fsp3) is 0.387. The average molecular weight is 473 g/mol. The molecule has 0 spiro atoms. The highest BCUT2D eigenvalue weighted by molar-refractivity contribution is 6.04. The largest absolute Gasteiger partial charge is 0.496 e. The predicted molar refractivity (Wildman–Crippen MR) is 141 cm³/mol. The number of methoxy groups -OCH3 is 1. The number of rotatable bonds is 8. The Hall–Kier alpha value is -3.27. The van der Waals surface area contributed by atoms with E-state index in [9.17, 15) is 4.79 Å². The second-order valence-electron chi connectivity index (χ2n) is 10.00. The molecule has 0 fully saturated rings. The zero-order valence-corrected chi connectivity index (χ0v) is 21.5. The maximum Gasteiger partial charge on any atom is 0.174 e. The summed E-state index contributed by atoms with van der Waals surface area (Å²) in [6.07, 6.45) is 12.7. The van der Waals surface area contributed by atoms with Gasteiger partial charge in [-0.1, -0.05) is 53.6 Å². The Morgan fingerprint density at radius 2 is 1.91 bits per heavy atom. The molecule has 0 saturated heterocycles. The Morgan fingerprint density at radius 1 is 1.14 bits per heavy atom. The molecule has 0 radical (unpaired) electrons. The van der Waals surface area contributed by atoms with E-state index in [1.165, 1.54) is 11.1 Å². The van der Waals surface area contributed by atoms with Gasteiger partial charge in [0, 0.05) is 6.07 Å². The van der Waals surface area contributed by atoms with Crippen molar-refractivity contribution in [3.05, 3.63) is 82.5 Å². The summed E-state index contributed by atoms with van der Waals surface area (Å²) in [7, 11) is 1.58. The van der Waals surface area contributed by atoms with Crippen LogP contribution in [-0.4, -0.2) is 18.5 Å². The molecule has 2 aliphatic rings. The molecule has 0 aromatic heterocycles. The van der Waals surface area contributed by atoms with E-state index < -0.39 is 5.60 Å². The highest BCUT2D eigenvalue weighted by atomic mass is 16.5. The van der Waals surface area contributed by atoms with Crippen LogP contribution < -0.4 is 14.2 Å². The van der Waals surface area contributed by atoms with E-state index >= 15 is 0 Å². The average Bonchev–Trinajstić information content (AvgIpc) is 2.83. The highest BCUT2D eigenvalue weighted by Crippen LogP contribution is 2.49. The fourth-order valence-electron chi connectivity index (χ4n) is 4.70. The molecular formula is C31H36O4. The summed E-state index contributed by atoms with van der Waals surface area (Å²) in [5, 5.41) is 0. The molecule has 2 aromatic rings. The SMILES string of the molecule is COc1cc2c(c3c1C(=O)C[C@@H](c1ccccc1)O3)C=CC(C)(CC/C=C(\C)CCC=C(C)C)O2. The van der Waals surface area contributed by atoms with E-state index in [-0.39, 0.29) is 18.3 Å². The molecule has 4 rings (SSSR count). The van der Waals surface area contributed by atoms with Crippen molar-refractivity contribution >= 4 is 11.9 Å². The number of allylic oxidation sites excluding steroid dienone is 4. The fourth-order valence-corrected chi connectivity index (χ4v) is 4.70. The van der Waals surface area contributed by atoms with Crippen LogP contribution in [0.25, 0.3) is 6.08 Å². The van der Waals surface area contributed by atoms with Gasteiger partial charge in [-0.05, 0) is 71.1 Å². The third-order valence-electron chi connectivity index (χ3n) is 6.72. The van der Waals surface area contributed by atoms with Gasteiger partial charge in [0.15, 0.2) is 5.78 Å². The van der Waals surface area contributed by atoms with Gasteiger partial charge in [0.25, 0.3) is 0 Å². The van der Waals surface area contributed by atoms with Crippen LogP contribution in [0.3, 0.4) is 0 Å². The second-order valence-corrected chi connectivity index (χ2v) is 10.00. The van der Waals surface area contributed by atoms with Crippen LogP contribution in [-0.2, 0) is 0 Å². The first-order chi connectivity index (χ1) is 16.8. The van der Waals surface area contributed by atoms with Crippen LogP contribution in [0.4, 0.5) is 0 Å². The minimum absolute atomic E-state index is 0.0233. The molecular weight excluding hydrogens is 436 g/mol. The van der Waals surface area contributed by atoms with Gasteiger partial charge >= 0.3 is 0 Å². The molecule has 4 nitrogen and oxygen atoms in total. The summed E-state index contributed by atoms with van der Waals surface area (Å²) >= 11 is 0. The zero-order chi connectivity index (χ0) is 25.0. The molecule has 184 valence electrons. The van der Waals surface area contributed by atoms with Crippen LogP contribution in [0.1, 0.15) is 87.4 Å². The summed E-state index contributed by atoms with van der Waals surface area (Å²) in [6.45, 7) is 8.57. The van der Waals surface area contributed by atoms with Crippen molar-refractivity contribution in [1.29, 1.82) is 0 Å². The van der Waals surface area contributed by atoms with E-state index in [4.69, 9.17) is 14.2 Å². The van der Waals surface area contributed by atoms with Crippen LogP contribution >= 0.6 is 0 Å². The van der Waals surface area contributed by atoms with Gasteiger partial charge in [0.2, 0.25) is 0 Å². The van der Waals surface area contributed by atoms with Crippen molar-refractivity contribution in [2.45, 2.75) is 71.5 Å². The van der Waals surface area contributed by atoms with Crippen molar-refractivity contribution in [1.82, 2.24) is 0 Å². The number of carbonyl (C=O) groups is 1. The molecule has 35 heavy (non-hydrogen) atoms. The topological polar surface area (TPSA) is 44.8 Å². The molecule has 2 atom stereocenters. The molecule has 0 bridgehead atoms. The number of hydrogen-bond donors (Lipinski definition) is 0. The lowest BCUT2D eigenvalue weighted by atomic mass is 9.90. The molecule has 1 unspecified atom stereocenters. The van der Waals surface area contributed by atoms with Crippen molar-refractivity contribution in [2.24, 2.45) is 0 Å². The molecule has 0 N–H and O–H groups in total. The minimum atomic E-state index is -0.444. The molecule has 0 aliphatic carbocycles. The van der Waals surface area contributed by atoms with Crippen molar-refractivity contribution in [3.8, 4) is 17.2 Å². The van der Waals surface area contributed by atoms with Gasteiger partial charge in [-0.25, -0.2) is 0 Å². The summed E-state index contributed by atoms with van der Waals surface area (Å²) in [5.74, 6) is 1.77. The Balaban J connectivity index is 1.55. The number of ketones is 1. The monoisotopic (exact) mass is 472 g/mol. The Morgan fingerprint density at radius 3 is 2.63 bits per heavy atom. The summed E-state index contributed by atoms with van der Waals surface area (Å²) in [5.41, 5.74) is 4.62. The lowest BCUT2D eigenvalue weighted by molar-refractivity contribution is 0.0838. The van der Waals surface area contributed by atoms with Gasteiger partial charge in [0.1, 0.15) is 34.5 Å². The summed E-state index contributed by atoms with van der Waals surface area (Å²) < 4.78 is 18.5. The van der Waals surface area contributed by atoms with Gasteiger partial charge in [-0.15, -0.1) is 0 Å². The lowest BCUT2D eigenvalue weighted by Crippen LogP contribution is -2.32. The van der Waals surface area contributed by atoms with Crippen LogP contribution in [0.2, 0.25) is 0 Å². The van der Waals surface area contributed by atoms with E-state index in [0.717, 1.165) is 36.8 Å². The number of hydrogen-bond acceptors (Lipinski definition) is 4. The Kier molecular flexibility index (Phi) is 7.49. The number of benzene rings is 2. The third kappa shape index (κ3) is 5.70. The van der Waals surface area contributed by atoms with Crippen LogP contribution in [0.5, 0.6) is 17.2 Å². The van der Waals surface area contributed by atoms with Gasteiger partial charge in [-0.2, -0.15) is 0 Å². The summed E-state index contributed by atoms with van der Waals surface area (Å²) in [6, 6.07) is 11.7. The zero-order valence-electron chi connectivity index (χ0n) is 21.5. The van der Waals surface area contributed by atoms with E-state index in [0.29, 0.717) is 22.8 Å². The molecule has 4 heteroatoms. The smallest absolute Gasteiger partial charge is 0.174 e. The van der Waals surface area contributed by atoms with Crippen molar-refractivity contribution < 1.29 is 19.0 Å². The molecule has 2 heterocycles. The van der Waals surface area contributed by atoms with E-state index in [1.54, 1.807) is 7.11 Å². The lowest BCUT2D eigenvalue weighted by Gasteiger charge is -2.35. The molecule has 0 saturated carbocycles. The van der Waals surface area contributed by atoms with Crippen LogP contribution in [0, 0.1) is 0 Å². The first-order valence-corrected chi connectivity index (χ1v) is 12.5. The maximum atomic E-state index is 13.1. The Bertz CT molecular complexity index is 1170. The van der Waals surface area contributed by atoms with Gasteiger partial charge in [0.05, 0.1) is 19.1 Å². The van der Waals surface area contributed by atoms with Gasteiger partial charge in [-0.3, -0.25) is 4.79 Å². The van der Waals surface area contributed by atoms with Crippen LogP contribution in [0.15, 0.2) is 65.8 Å². The summed E-state index contributed by atoms with van der Waals surface area (Å²) in [4.78, 5) is 13.1. The third-order valence-corrected chi connectivity index (χ3v) is 6.72. The Labute approximate surface area is 209 Å². The molecule has 2 aromatic carbocycles. The second kappa shape index (κ2) is 10.6. The first-order valence-electron chi connectivity index (χ1n) is 12.5. The standard InChI is InChI=1S/C31H36O4/c1-21(2)11-9-12-22(3)13-10-17-31(4)18-16-24-27(35-31)20-28(33-5)29-25(32)19-26(34-30(24)29)23-14-7-6-8-15-23/h6-8,11,13-16,18,20,26H,9-10,12,17,19H2,1-5H3/b22-13+/t26-,31?/m0/s1. The first kappa shape index (κ1) is 24.8. The molecule has 0 amide bonds. The van der Waals surface area contributed by atoms with E-state index in [1.807, 2.05) is 42.5 Å². The van der Waals surface area contributed by atoms with Crippen molar-refractivity contribution in [3.63, 3.8) is 0 Å². The highest BCUT2D eigenvalue weighted by Gasteiger charge is 2.37. The maximum absolute atomic E-state index is 13.1. The van der Waals surface area contributed by atoms with Crippen molar-refractivity contribution in [2.75, 3.05) is 7.11 Å². The number of fused-ring (bicyclic) bond motifs is 3. The predicted octanol–water partition coefficient (Wildman–Crippen LogP) is 8.04. The normalized spacial score (nSPS) is 20.9. The van der Waals surface area contributed by atoms with Gasteiger partial charge < -0.3 is 14.2 Å². The minimum Gasteiger partial charge on any atom is -0.496 e. The number of Topliss-reactive ketones (excluding diaryl/α,β-unsaturated/α-hetero) is 1. The number of ether oxygens (including phenoxy) is 3.